The van der Waals surface area contributed by atoms with Crippen molar-refractivity contribution in [1.82, 2.24) is 10.2 Å². The fraction of sp³-hybridized carbons (Fsp3) is 0.263. The van der Waals surface area contributed by atoms with Crippen LogP contribution in [0.5, 0.6) is 0 Å². The van der Waals surface area contributed by atoms with Crippen LogP contribution < -0.4 is 10.6 Å². The molecule has 7 heteroatoms. The van der Waals surface area contributed by atoms with Crippen molar-refractivity contribution in [2.75, 3.05) is 25.5 Å². The number of hydrogen-bond donors (Lipinski definition) is 2. The Bertz CT molecular complexity index is 796. The van der Waals surface area contributed by atoms with Crippen LogP contribution in [0.3, 0.4) is 0 Å². The maximum Gasteiger partial charge on any atom is 0.243 e. The van der Waals surface area contributed by atoms with E-state index in [1.54, 1.807) is 18.2 Å². The van der Waals surface area contributed by atoms with Crippen molar-refractivity contribution in [3.8, 4) is 0 Å². The number of anilines is 1. The standard InChI is InChI=1S/C19H21Cl2N3O2/c1-13-15(20)8-5-9-17(13)23-18(25)10-22-19(26)12-24(2)11-14-6-3-4-7-16(14)21/h3-9H,10-12H2,1-2H3,(H,22,26)(H,23,25). The van der Waals surface area contributed by atoms with Gasteiger partial charge in [0, 0.05) is 22.3 Å². The third-order valence-electron chi connectivity index (χ3n) is 3.80. The minimum Gasteiger partial charge on any atom is -0.346 e. The summed E-state index contributed by atoms with van der Waals surface area (Å²) in [6.07, 6.45) is 0. The van der Waals surface area contributed by atoms with E-state index in [2.05, 4.69) is 10.6 Å². The minimum atomic E-state index is -0.308. The molecule has 138 valence electrons. The topological polar surface area (TPSA) is 61.4 Å². The van der Waals surface area contributed by atoms with Gasteiger partial charge in [0.05, 0.1) is 13.1 Å². The number of hydrogen-bond acceptors (Lipinski definition) is 3. The Kier molecular flexibility index (Phi) is 7.45. The van der Waals surface area contributed by atoms with Crippen molar-refractivity contribution < 1.29 is 9.59 Å². The maximum atomic E-state index is 12.0. The fourth-order valence-electron chi connectivity index (χ4n) is 2.39. The van der Waals surface area contributed by atoms with Crippen molar-refractivity contribution >= 4 is 40.7 Å². The van der Waals surface area contributed by atoms with E-state index >= 15 is 0 Å². The van der Waals surface area contributed by atoms with Gasteiger partial charge in [0.2, 0.25) is 11.8 Å². The molecule has 2 amide bonds. The van der Waals surface area contributed by atoms with Crippen LogP contribution in [0.15, 0.2) is 42.5 Å². The molecule has 0 radical (unpaired) electrons. The van der Waals surface area contributed by atoms with E-state index in [1.807, 2.05) is 43.1 Å². The second kappa shape index (κ2) is 9.57. The SMILES string of the molecule is Cc1c(Cl)cccc1NC(=O)CNC(=O)CN(C)Cc1ccccc1Cl. The van der Waals surface area contributed by atoms with Crippen LogP contribution in [-0.2, 0) is 16.1 Å². The van der Waals surface area contributed by atoms with E-state index in [0.717, 1.165) is 11.1 Å². The van der Waals surface area contributed by atoms with Crippen molar-refractivity contribution in [1.29, 1.82) is 0 Å². The normalized spacial score (nSPS) is 10.7. The third-order valence-corrected chi connectivity index (χ3v) is 4.58. The predicted octanol–water partition coefficient (Wildman–Crippen LogP) is 3.49. The lowest BCUT2D eigenvalue weighted by atomic mass is 10.2. The van der Waals surface area contributed by atoms with Gasteiger partial charge in [0.1, 0.15) is 0 Å². The van der Waals surface area contributed by atoms with Crippen LogP contribution in [-0.4, -0.2) is 36.9 Å². The molecule has 2 rings (SSSR count). The minimum absolute atomic E-state index is 0.106. The van der Waals surface area contributed by atoms with E-state index in [-0.39, 0.29) is 24.9 Å². The van der Waals surface area contributed by atoms with E-state index in [4.69, 9.17) is 23.2 Å². The van der Waals surface area contributed by atoms with Crippen LogP contribution in [0.4, 0.5) is 5.69 Å². The molecule has 0 aliphatic carbocycles. The van der Waals surface area contributed by atoms with Gasteiger partial charge in [-0.25, -0.2) is 0 Å². The first-order valence-electron chi connectivity index (χ1n) is 8.10. The highest BCUT2D eigenvalue weighted by Gasteiger charge is 2.11. The Balaban J connectivity index is 1.78. The molecule has 0 fully saturated rings. The fourth-order valence-corrected chi connectivity index (χ4v) is 2.76. The summed E-state index contributed by atoms with van der Waals surface area (Å²) in [7, 11) is 1.82. The monoisotopic (exact) mass is 393 g/mol. The van der Waals surface area contributed by atoms with E-state index in [0.29, 0.717) is 22.3 Å². The maximum absolute atomic E-state index is 12.0. The number of carbonyl (C=O) groups excluding carboxylic acids is 2. The van der Waals surface area contributed by atoms with Gasteiger partial charge in [-0.3, -0.25) is 14.5 Å². The summed E-state index contributed by atoms with van der Waals surface area (Å²) >= 11 is 12.1. The lowest BCUT2D eigenvalue weighted by Gasteiger charge is -2.17. The molecule has 0 saturated carbocycles. The molecule has 0 aliphatic heterocycles. The van der Waals surface area contributed by atoms with E-state index < -0.39 is 0 Å². The molecule has 0 aliphatic rings. The number of rotatable bonds is 7. The second-order valence-corrected chi connectivity index (χ2v) is 6.82. The van der Waals surface area contributed by atoms with E-state index in [1.165, 1.54) is 0 Å². The molecule has 0 saturated heterocycles. The van der Waals surface area contributed by atoms with Gasteiger partial charge in [-0.15, -0.1) is 0 Å². The number of carbonyl (C=O) groups is 2. The quantitative estimate of drug-likeness (QED) is 0.756. The largest absolute Gasteiger partial charge is 0.346 e. The molecule has 0 bridgehead atoms. The number of benzene rings is 2. The zero-order valence-electron chi connectivity index (χ0n) is 14.7. The molecule has 26 heavy (non-hydrogen) atoms. The van der Waals surface area contributed by atoms with Crippen LogP contribution in [0.2, 0.25) is 10.0 Å². The van der Waals surface area contributed by atoms with Gasteiger partial charge >= 0.3 is 0 Å². The second-order valence-electron chi connectivity index (χ2n) is 6.00. The number of amides is 2. The molecule has 0 heterocycles. The molecule has 2 aromatic carbocycles. The molecular formula is C19H21Cl2N3O2. The van der Waals surface area contributed by atoms with Crippen LogP contribution in [0.1, 0.15) is 11.1 Å². The molecule has 0 atom stereocenters. The molecule has 0 spiro atoms. The van der Waals surface area contributed by atoms with Gasteiger partial charge in [0.15, 0.2) is 0 Å². The summed E-state index contributed by atoms with van der Waals surface area (Å²) in [5.74, 6) is -0.546. The number of likely N-dealkylation sites (N-methyl/N-ethyl adjacent to an activating group) is 1. The first kappa shape index (κ1) is 20.2. The number of halogens is 2. The Morgan fingerprint density at radius 3 is 2.42 bits per heavy atom. The van der Waals surface area contributed by atoms with Crippen LogP contribution in [0, 0.1) is 6.92 Å². The summed E-state index contributed by atoms with van der Waals surface area (Å²) in [4.78, 5) is 25.9. The van der Waals surface area contributed by atoms with Gasteiger partial charge in [-0.05, 0) is 43.3 Å². The molecule has 0 aromatic heterocycles. The van der Waals surface area contributed by atoms with Crippen molar-refractivity contribution in [3.63, 3.8) is 0 Å². The summed E-state index contributed by atoms with van der Waals surface area (Å²) in [6, 6.07) is 12.8. The van der Waals surface area contributed by atoms with Gasteiger partial charge in [-0.2, -0.15) is 0 Å². The Morgan fingerprint density at radius 1 is 1.00 bits per heavy atom. The first-order chi connectivity index (χ1) is 12.4. The average molecular weight is 394 g/mol. The first-order valence-corrected chi connectivity index (χ1v) is 8.86. The van der Waals surface area contributed by atoms with Crippen molar-refractivity contribution in [2.24, 2.45) is 0 Å². The van der Waals surface area contributed by atoms with E-state index in [9.17, 15) is 9.59 Å². The number of nitrogens with zero attached hydrogens (tertiary/aromatic N) is 1. The summed E-state index contributed by atoms with van der Waals surface area (Å²) < 4.78 is 0. The highest BCUT2D eigenvalue weighted by molar-refractivity contribution is 6.32. The lowest BCUT2D eigenvalue weighted by molar-refractivity contribution is -0.124. The highest BCUT2D eigenvalue weighted by atomic mass is 35.5. The van der Waals surface area contributed by atoms with Crippen molar-refractivity contribution in [2.45, 2.75) is 13.5 Å². The van der Waals surface area contributed by atoms with Crippen LogP contribution >= 0.6 is 23.2 Å². The van der Waals surface area contributed by atoms with Crippen molar-refractivity contribution in [3.05, 3.63) is 63.6 Å². The molecule has 2 N–H and O–H groups in total. The van der Waals surface area contributed by atoms with Gasteiger partial charge in [0.25, 0.3) is 0 Å². The third kappa shape index (κ3) is 6.02. The Morgan fingerprint density at radius 2 is 1.69 bits per heavy atom. The number of nitrogens with one attached hydrogen (secondary N) is 2. The smallest absolute Gasteiger partial charge is 0.243 e. The zero-order valence-corrected chi connectivity index (χ0v) is 16.2. The van der Waals surface area contributed by atoms with Crippen LogP contribution in [0.25, 0.3) is 0 Å². The van der Waals surface area contributed by atoms with Gasteiger partial charge in [-0.1, -0.05) is 47.5 Å². The predicted molar refractivity (Wildman–Crippen MR) is 106 cm³/mol. The molecular weight excluding hydrogens is 373 g/mol. The molecule has 5 nitrogen and oxygen atoms in total. The highest BCUT2D eigenvalue weighted by Crippen LogP contribution is 2.22. The molecule has 2 aromatic rings. The zero-order chi connectivity index (χ0) is 19.1. The summed E-state index contributed by atoms with van der Waals surface area (Å²) in [6.45, 7) is 2.42. The lowest BCUT2D eigenvalue weighted by Crippen LogP contribution is -2.39. The van der Waals surface area contributed by atoms with Gasteiger partial charge < -0.3 is 10.6 Å². The average Bonchev–Trinajstić information content (AvgIpc) is 2.59. The summed E-state index contributed by atoms with van der Waals surface area (Å²) in [5, 5.41) is 6.59. The Labute approximate surface area is 163 Å². The Hall–Kier alpha value is -2.08. The molecule has 0 unspecified atom stereocenters. The summed E-state index contributed by atoms with van der Waals surface area (Å²) in [5.41, 5.74) is 2.36.